The molecule has 0 amide bonds. The zero-order valence-corrected chi connectivity index (χ0v) is 10.1. The van der Waals surface area contributed by atoms with E-state index in [4.69, 9.17) is 4.43 Å². The van der Waals surface area contributed by atoms with Gasteiger partial charge in [-0.25, -0.2) is 0 Å². The lowest BCUT2D eigenvalue weighted by Crippen LogP contribution is -2.31. The van der Waals surface area contributed by atoms with Gasteiger partial charge in [-0.2, -0.15) is 0 Å². The summed E-state index contributed by atoms with van der Waals surface area (Å²) in [5, 5.41) is 0. The summed E-state index contributed by atoms with van der Waals surface area (Å²) in [7, 11) is -1.34. The molecule has 0 radical (unpaired) electrons. The fourth-order valence-corrected chi connectivity index (χ4v) is 2.97. The van der Waals surface area contributed by atoms with Crippen LogP contribution in [0.3, 0.4) is 0 Å². The highest BCUT2D eigenvalue weighted by Crippen LogP contribution is 2.19. The number of hydrogen-bond acceptors (Lipinski definition) is 1. The van der Waals surface area contributed by atoms with Crippen LogP contribution in [-0.2, 0) is 4.43 Å². The van der Waals surface area contributed by atoms with Crippen molar-refractivity contribution in [3.63, 3.8) is 0 Å². The van der Waals surface area contributed by atoms with Gasteiger partial charge >= 0.3 is 0 Å². The topological polar surface area (TPSA) is 9.23 Å². The van der Waals surface area contributed by atoms with Gasteiger partial charge in [0.25, 0.3) is 0 Å². The van der Waals surface area contributed by atoms with E-state index in [0.29, 0.717) is 12.0 Å². The molecule has 0 aromatic heterocycles. The third-order valence-electron chi connectivity index (χ3n) is 1.99. The van der Waals surface area contributed by atoms with Crippen LogP contribution in [0.15, 0.2) is 24.3 Å². The van der Waals surface area contributed by atoms with E-state index in [9.17, 15) is 0 Å². The SMILES string of the molecule is CC(CC1C=CC=C1)O[Si](C)(C)C. The number of hydrogen-bond donors (Lipinski definition) is 0. The molecule has 0 aromatic rings. The minimum atomic E-state index is -1.34. The summed E-state index contributed by atoms with van der Waals surface area (Å²) < 4.78 is 5.97. The maximum atomic E-state index is 5.97. The minimum Gasteiger partial charge on any atom is -0.415 e. The van der Waals surface area contributed by atoms with Gasteiger partial charge in [0.2, 0.25) is 0 Å². The third kappa shape index (κ3) is 4.43. The van der Waals surface area contributed by atoms with Crippen molar-refractivity contribution in [1.82, 2.24) is 0 Å². The quantitative estimate of drug-likeness (QED) is 0.627. The second-order valence-electron chi connectivity index (χ2n) is 4.71. The Labute approximate surface area is 82.6 Å². The molecule has 0 fully saturated rings. The van der Waals surface area contributed by atoms with Gasteiger partial charge < -0.3 is 4.43 Å². The molecule has 0 bridgehead atoms. The van der Waals surface area contributed by atoms with Crippen molar-refractivity contribution in [3.8, 4) is 0 Å². The summed E-state index contributed by atoms with van der Waals surface area (Å²) in [5.74, 6) is 0.603. The van der Waals surface area contributed by atoms with Gasteiger partial charge in [-0.15, -0.1) is 0 Å². The maximum absolute atomic E-state index is 5.97. The fraction of sp³-hybridized carbons (Fsp3) is 0.636. The van der Waals surface area contributed by atoms with E-state index in [1.807, 2.05) is 0 Å². The summed E-state index contributed by atoms with van der Waals surface area (Å²) >= 11 is 0. The van der Waals surface area contributed by atoms with E-state index < -0.39 is 8.32 Å². The van der Waals surface area contributed by atoms with Crippen LogP contribution in [0.25, 0.3) is 0 Å². The maximum Gasteiger partial charge on any atom is 0.184 e. The van der Waals surface area contributed by atoms with Gasteiger partial charge in [0.1, 0.15) is 0 Å². The second-order valence-corrected chi connectivity index (χ2v) is 9.17. The molecule has 74 valence electrons. The molecule has 0 heterocycles. The average molecular weight is 196 g/mol. The second kappa shape index (κ2) is 4.25. The molecule has 1 unspecified atom stereocenters. The molecule has 0 aromatic carbocycles. The van der Waals surface area contributed by atoms with Crippen molar-refractivity contribution in [2.75, 3.05) is 0 Å². The van der Waals surface area contributed by atoms with Crippen LogP contribution >= 0.6 is 0 Å². The van der Waals surface area contributed by atoms with Crippen molar-refractivity contribution in [1.29, 1.82) is 0 Å². The van der Waals surface area contributed by atoms with Crippen LogP contribution in [0.1, 0.15) is 13.3 Å². The molecule has 0 N–H and O–H groups in total. The molecule has 1 aliphatic rings. The lowest BCUT2D eigenvalue weighted by molar-refractivity contribution is 0.195. The lowest BCUT2D eigenvalue weighted by Gasteiger charge is -2.24. The first-order valence-electron chi connectivity index (χ1n) is 5.00. The van der Waals surface area contributed by atoms with E-state index >= 15 is 0 Å². The van der Waals surface area contributed by atoms with E-state index in [1.54, 1.807) is 0 Å². The Balaban J connectivity index is 2.29. The molecule has 0 spiro atoms. The molecule has 0 aliphatic heterocycles. The van der Waals surface area contributed by atoms with Crippen LogP contribution < -0.4 is 0 Å². The van der Waals surface area contributed by atoms with Gasteiger partial charge in [0, 0.05) is 6.10 Å². The first-order chi connectivity index (χ1) is 5.97. The molecule has 0 saturated heterocycles. The molecule has 1 aliphatic carbocycles. The normalized spacial score (nSPS) is 19.7. The molecule has 1 atom stereocenters. The number of allylic oxidation sites excluding steroid dienone is 4. The van der Waals surface area contributed by atoms with Crippen molar-refractivity contribution >= 4 is 8.32 Å². The standard InChI is InChI=1S/C11H20OSi/c1-10(12-13(2,3)4)9-11-7-5-6-8-11/h5-8,10-11H,9H2,1-4H3. The highest BCUT2D eigenvalue weighted by Gasteiger charge is 2.19. The van der Waals surface area contributed by atoms with E-state index in [1.165, 1.54) is 0 Å². The lowest BCUT2D eigenvalue weighted by atomic mass is 10.1. The van der Waals surface area contributed by atoms with Crippen LogP contribution in [0.4, 0.5) is 0 Å². The van der Waals surface area contributed by atoms with E-state index in [0.717, 1.165) is 6.42 Å². The molecule has 0 saturated carbocycles. The van der Waals surface area contributed by atoms with Crippen LogP contribution in [0.2, 0.25) is 19.6 Å². The van der Waals surface area contributed by atoms with Crippen molar-refractivity contribution in [3.05, 3.63) is 24.3 Å². The first kappa shape index (κ1) is 10.7. The Morgan fingerprint density at radius 2 is 1.77 bits per heavy atom. The van der Waals surface area contributed by atoms with Gasteiger partial charge in [-0.05, 0) is 38.9 Å². The van der Waals surface area contributed by atoms with E-state index in [-0.39, 0.29) is 0 Å². The summed E-state index contributed by atoms with van der Waals surface area (Å²) in [4.78, 5) is 0. The molecular weight excluding hydrogens is 176 g/mol. The first-order valence-corrected chi connectivity index (χ1v) is 8.41. The Morgan fingerprint density at radius 1 is 1.23 bits per heavy atom. The van der Waals surface area contributed by atoms with Crippen molar-refractivity contribution in [2.24, 2.45) is 5.92 Å². The van der Waals surface area contributed by atoms with Crippen LogP contribution in [0, 0.1) is 5.92 Å². The predicted molar refractivity (Wildman–Crippen MR) is 60.3 cm³/mol. The van der Waals surface area contributed by atoms with Gasteiger partial charge in [-0.1, -0.05) is 24.3 Å². The molecule has 13 heavy (non-hydrogen) atoms. The Hall–Kier alpha value is -0.343. The highest BCUT2D eigenvalue weighted by molar-refractivity contribution is 6.69. The smallest absolute Gasteiger partial charge is 0.184 e. The fourth-order valence-electron chi connectivity index (χ4n) is 1.67. The zero-order valence-electron chi connectivity index (χ0n) is 9.08. The minimum absolute atomic E-state index is 0.393. The van der Waals surface area contributed by atoms with Crippen LogP contribution in [0.5, 0.6) is 0 Å². The Bertz CT molecular complexity index is 201. The molecule has 1 rings (SSSR count). The zero-order chi connectivity index (χ0) is 9.90. The summed E-state index contributed by atoms with van der Waals surface area (Å²) in [6.07, 6.45) is 10.2. The Morgan fingerprint density at radius 3 is 2.23 bits per heavy atom. The monoisotopic (exact) mass is 196 g/mol. The molecule has 2 heteroatoms. The van der Waals surface area contributed by atoms with Crippen LogP contribution in [-0.4, -0.2) is 14.4 Å². The Kier molecular flexibility index (Phi) is 3.51. The average Bonchev–Trinajstić information content (AvgIpc) is 2.34. The predicted octanol–water partition coefficient (Wildman–Crippen LogP) is 3.36. The van der Waals surface area contributed by atoms with Gasteiger partial charge in [0.15, 0.2) is 8.32 Å². The highest BCUT2D eigenvalue weighted by atomic mass is 28.4. The summed E-state index contributed by atoms with van der Waals surface area (Å²) in [6, 6.07) is 0. The van der Waals surface area contributed by atoms with Gasteiger partial charge in [-0.3, -0.25) is 0 Å². The van der Waals surface area contributed by atoms with Crippen molar-refractivity contribution in [2.45, 2.75) is 39.1 Å². The van der Waals surface area contributed by atoms with Crippen molar-refractivity contribution < 1.29 is 4.43 Å². The third-order valence-corrected chi connectivity index (χ3v) is 3.10. The van der Waals surface area contributed by atoms with E-state index in [2.05, 4.69) is 50.9 Å². The largest absolute Gasteiger partial charge is 0.415 e. The molecular formula is C11H20OSi. The summed E-state index contributed by atoms with van der Waals surface area (Å²) in [6.45, 7) is 8.90. The summed E-state index contributed by atoms with van der Waals surface area (Å²) in [5.41, 5.74) is 0. The van der Waals surface area contributed by atoms with Gasteiger partial charge in [0.05, 0.1) is 0 Å². The molecule has 1 nitrogen and oxygen atoms in total. The number of rotatable bonds is 4.